The predicted octanol–water partition coefficient (Wildman–Crippen LogP) is 0.896. The fourth-order valence-electron chi connectivity index (χ4n) is 1.13. The molecule has 0 radical (unpaired) electrons. The SMILES string of the molecule is COC(=O)c1c[nH]c(C(=O)OC)c1C. The van der Waals surface area contributed by atoms with Crippen LogP contribution in [0, 0.1) is 6.92 Å². The second-order valence-corrected chi connectivity index (χ2v) is 2.69. The van der Waals surface area contributed by atoms with E-state index < -0.39 is 11.9 Å². The number of hydrogen-bond donors (Lipinski definition) is 1. The molecular formula is C9H11NO4. The molecule has 0 spiro atoms. The maximum atomic E-state index is 11.2. The van der Waals surface area contributed by atoms with Crippen molar-refractivity contribution < 1.29 is 19.1 Å². The van der Waals surface area contributed by atoms with E-state index in [9.17, 15) is 9.59 Å². The fraction of sp³-hybridized carbons (Fsp3) is 0.333. The minimum absolute atomic E-state index is 0.271. The van der Waals surface area contributed by atoms with E-state index in [1.807, 2.05) is 0 Å². The quantitative estimate of drug-likeness (QED) is 0.715. The molecule has 0 aliphatic heterocycles. The summed E-state index contributed by atoms with van der Waals surface area (Å²) in [7, 11) is 2.56. The van der Waals surface area contributed by atoms with Crippen LogP contribution in [0.1, 0.15) is 26.4 Å². The molecule has 0 aliphatic carbocycles. The molecule has 1 N–H and O–H groups in total. The van der Waals surface area contributed by atoms with Crippen molar-refractivity contribution in [2.75, 3.05) is 14.2 Å². The van der Waals surface area contributed by atoms with Crippen molar-refractivity contribution in [3.63, 3.8) is 0 Å². The minimum Gasteiger partial charge on any atom is -0.465 e. The highest BCUT2D eigenvalue weighted by molar-refractivity contribution is 5.97. The second kappa shape index (κ2) is 3.95. The number of nitrogens with one attached hydrogen (secondary N) is 1. The zero-order chi connectivity index (χ0) is 10.7. The molecule has 5 nitrogen and oxygen atoms in total. The number of aromatic amines is 1. The molecule has 0 atom stereocenters. The summed E-state index contributed by atoms with van der Waals surface area (Å²) in [6.45, 7) is 1.65. The van der Waals surface area contributed by atoms with Gasteiger partial charge in [0.1, 0.15) is 5.69 Å². The van der Waals surface area contributed by atoms with Crippen molar-refractivity contribution in [3.05, 3.63) is 23.0 Å². The van der Waals surface area contributed by atoms with E-state index >= 15 is 0 Å². The lowest BCUT2D eigenvalue weighted by molar-refractivity contribution is 0.0593. The van der Waals surface area contributed by atoms with Crippen molar-refractivity contribution in [1.82, 2.24) is 4.98 Å². The predicted molar refractivity (Wildman–Crippen MR) is 48.2 cm³/mol. The van der Waals surface area contributed by atoms with Crippen LogP contribution in [0.25, 0.3) is 0 Å². The van der Waals surface area contributed by atoms with Crippen LogP contribution in [0.2, 0.25) is 0 Å². The summed E-state index contributed by atoms with van der Waals surface area (Å²) < 4.78 is 9.05. The van der Waals surface area contributed by atoms with Crippen LogP contribution < -0.4 is 0 Å². The van der Waals surface area contributed by atoms with Gasteiger partial charge in [-0.2, -0.15) is 0 Å². The molecule has 1 heterocycles. The average molecular weight is 197 g/mol. The number of aromatic nitrogens is 1. The molecule has 0 fully saturated rings. The highest BCUT2D eigenvalue weighted by Gasteiger charge is 2.18. The number of rotatable bonds is 2. The van der Waals surface area contributed by atoms with Gasteiger partial charge in [0.05, 0.1) is 19.8 Å². The number of carbonyl (C=O) groups is 2. The molecule has 0 amide bonds. The van der Waals surface area contributed by atoms with Crippen molar-refractivity contribution in [1.29, 1.82) is 0 Å². The Kier molecular flexibility index (Phi) is 2.91. The summed E-state index contributed by atoms with van der Waals surface area (Å²) in [6.07, 6.45) is 1.42. The van der Waals surface area contributed by atoms with Gasteiger partial charge in [0.25, 0.3) is 0 Å². The molecule has 0 aliphatic rings. The van der Waals surface area contributed by atoms with Crippen LogP contribution in [0.3, 0.4) is 0 Å². The Bertz CT molecular complexity index is 333. The van der Waals surface area contributed by atoms with Crippen molar-refractivity contribution in [2.24, 2.45) is 0 Å². The van der Waals surface area contributed by atoms with E-state index in [1.165, 1.54) is 20.4 Å². The van der Waals surface area contributed by atoms with E-state index in [0.717, 1.165) is 0 Å². The van der Waals surface area contributed by atoms with Crippen molar-refractivity contribution in [3.8, 4) is 0 Å². The van der Waals surface area contributed by atoms with Gasteiger partial charge >= 0.3 is 11.9 Å². The zero-order valence-corrected chi connectivity index (χ0v) is 8.21. The van der Waals surface area contributed by atoms with Crippen LogP contribution in [0.5, 0.6) is 0 Å². The molecule has 0 aromatic carbocycles. The number of ether oxygens (including phenoxy) is 2. The first-order valence-electron chi connectivity index (χ1n) is 3.96. The Balaban J connectivity index is 3.08. The Morgan fingerprint density at radius 2 is 1.79 bits per heavy atom. The second-order valence-electron chi connectivity index (χ2n) is 2.69. The molecule has 0 saturated carbocycles. The van der Waals surface area contributed by atoms with E-state index in [0.29, 0.717) is 11.1 Å². The van der Waals surface area contributed by atoms with Crippen molar-refractivity contribution in [2.45, 2.75) is 6.92 Å². The highest BCUT2D eigenvalue weighted by Crippen LogP contribution is 2.14. The first-order chi connectivity index (χ1) is 6.61. The third-order valence-electron chi connectivity index (χ3n) is 1.93. The summed E-state index contributed by atoms with van der Waals surface area (Å²) in [5.41, 5.74) is 1.14. The molecule has 5 heteroatoms. The van der Waals surface area contributed by atoms with Crippen LogP contribution in [-0.2, 0) is 9.47 Å². The van der Waals surface area contributed by atoms with E-state index in [-0.39, 0.29) is 5.69 Å². The van der Waals surface area contributed by atoms with Crippen LogP contribution in [0.15, 0.2) is 6.20 Å². The van der Waals surface area contributed by atoms with Gasteiger partial charge in [0.15, 0.2) is 0 Å². The van der Waals surface area contributed by atoms with Gasteiger partial charge in [-0.3, -0.25) is 0 Å². The number of H-pyrrole nitrogens is 1. The third-order valence-corrected chi connectivity index (χ3v) is 1.93. The summed E-state index contributed by atoms with van der Waals surface area (Å²) in [5, 5.41) is 0. The largest absolute Gasteiger partial charge is 0.465 e. The molecule has 76 valence electrons. The van der Waals surface area contributed by atoms with Crippen LogP contribution in [0.4, 0.5) is 0 Å². The third kappa shape index (κ3) is 1.61. The van der Waals surface area contributed by atoms with Crippen LogP contribution in [-0.4, -0.2) is 31.1 Å². The Labute approximate surface area is 81.0 Å². The van der Waals surface area contributed by atoms with Gasteiger partial charge in [-0.05, 0) is 12.5 Å². The standard InChI is InChI=1S/C9H11NO4/c1-5-6(8(11)13-2)4-10-7(5)9(12)14-3/h4,10H,1-3H3. The molecule has 0 bridgehead atoms. The smallest absolute Gasteiger partial charge is 0.354 e. The monoisotopic (exact) mass is 197 g/mol. The lowest BCUT2D eigenvalue weighted by Crippen LogP contribution is -2.05. The number of carbonyl (C=O) groups excluding carboxylic acids is 2. The topological polar surface area (TPSA) is 68.4 Å². The summed E-state index contributed by atoms with van der Waals surface area (Å²) in [6, 6.07) is 0. The first-order valence-corrected chi connectivity index (χ1v) is 3.96. The average Bonchev–Trinajstić information content (AvgIpc) is 2.58. The molecule has 1 aromatic heterocycles. The van der Waals surface area contributed by atoms with E-state index in [4.69, 9.17) is 0 Å². The first kappa shape index (κ1) is 10.3. The number of hydrogen-bond acceptors (Lipinski definition) is 4. The fourth-order valence-corrected chi connectivity index (χ4v) is 1.13. The van der Waals surface area contributed by atoms with Crippen LogP contribution >= 0.6 is 0 Å². The Hall–Kier alpha value is -1.78. The summed E-state index contributed by atoms with van der Waals surface area (Å²) >= 11 is 0. The number of esters is 2. The van der Waals surface area contributed by atoms with Gasteiger partial charge in [0.2, 0.25) is 0 Å². The van der Waals surface area contributed by atoms with Gasteiger partial charge in [-0.25, -0.2) is 9.59 Å². The number of methoxy groups -OCH3 is 2. The van der Waals surface area contributed by atoms with Crippen molar-refractivity contribution >= 4 is 11.9 Å². The maximum Gasteiger partial charge on any atom is 0.354 e. The maximum absolute atomic E-state index is 11.2. The normalized spacial score (nSPS) is 9.64. The Morgan fingerprint density at radius 3 is 2.29 bits per heavy atom. The van der Waals surface area contributed by atoms with E-state index in [2.05, 4.69) is 14.5 Å². The highest BCUT2D eigenvalue weighted by atomic mass is 16.5. The van der Waals surface area contributed by atoms with Gasteiger partial charge in [-0.15, -0.1) is 0 Å². The van der Waals surface area contributed by atoms with E-state index in [1.54, 1.807) is 6.92 Å². The Morgan fingerprint density at radius 1 is 1.21 bits per heavy atom. The zero-order valence-electron chi connectivity index (χ0n) is 8.21. The summed E-state index contributed by atoms with van der Waals surface area (Å²) in [5.74, 6) is -0.980. The molecule has 14 heavy (non-hydrogen) atoms. The molecule has 1 aromatic rings. The van der Waals surface area contributed by atoms with Gasteiger partial charge < -0.3 is 14.5 Å². The lowest BCUT2D eigenvalue weighted by atomic mass is 10.2. The molecular weight excluding hydrogens is 186 g/mol. The minimum atomic E-state index is -0.502. The summed E-state index contributed by atoms with van der Waals surface area (Å²) in [4.78, 5) is 25.0. The molecule has 0 saturated heterocycles. The van der Waals surface area contributed by atoms with Gasteiger partial charge in [0, 0.05) is 6.20 Å². The van der Waals surface area contributed by atoms with Gasteiger partial charge in [-0.1, -0.05) is 0 Å². The molecule has 0 unspecified atom stereocenters. The lowest BCUT2D eigenvalue weighted by Gasteiger charge is -1.98. The molecule has 1 rings (SSSR count).